The normalized spacial score (nSPS) is 12.7. The quantitative estimate of drug-likeness (QED) is 0.0358. The van der Waals surface area contributed by atoms with Crippen molar-refractivity contribution in [3.63, 3.8) is 0 Å². The van der Waals surface area contributed by atoms with Gasteiger partial charge < -0.3 is 5.53 Å². The third-order valence-corrected chi connectivity index (χ3v) is 19.0. The third-order valence-electron chi connectivity index (χ3n) is 17.6. The SMILES string of the molecule is CCCCCCCCCCCCCCCCCCC=CC1=C(c2ccc(CCCCC)cc2)[N+](=[N-])C(c2ccc(CCCCCC)cc2)=C1CCCCCC.CCCCCCCCCCCC[CH2][Ni][CH2]CCCCCCCCCCCC. The Morgan fingerprint density at radius 1 is 0.305 bits per heavy atom. The zero-order valence-electron chi connectivity index (χ0n) is 55.9. The van der Waals surface area contributed by atoms with E-state index in [9.17, 15) is 5.53 Å². The van der Waals surface area contributed by atoms with E-state index in [0.29, 0.717) is 0 Å². The van der Waals surface area contributed by atoms with Crippen LogP contribution in [0.4, 0.5) is 0 Å². The molecule has 0 N–H and O–H groups in total. The molecule has 0 aliphatic carbocycles. The average molecular weight is 1170 g/mol. The van der Waals surface area contributed by atoms with Crippen LogP contribution in [0.25, 0.3) is 16.9 Å². The van der Waals surface area contributed by atoms with Gasteiger partial charge in [-0.3, -0.25) is 0 Å². The van der Waals surface area contributed by atoms with E-state index in [1.165, 1.54) is 341 Å². The zero-order valence-corrected chi connectivity index (χ0v) is 56.9. The van der Waals surface area contributed by atoms with Gasteiger partial charge in [-0.05, 0) is 86.8 Å². The molecule has 0 unspecified atom stereocenters. The van der Waals surface area contributed by atoms with E-state index < -0.39 is 0 Å². The number of unbranched alkanes of at least 4 members (excludes halogenated alkanes) is 44. The van der Waals surface area contributed by atoms with Crippen molar-refractivity contribution >= 4 is 11.4 Å². The summed E-state index contributed by atoms with van der Waals surface area (Å²) >= 11 is 2.03. The topological polar surface area (TPSA) is 25.3 Å². The second-order valence-corrected chi connectivity index (χ2v) is 26.9. The molecule has 0 amide bonds. The van der Waals surface area contributed by atoms with Crippen LogP contribution in [0, 0.1) is 0 Å². The molecule has 3 heteroatoms. The van der Waals surface area contributed by atoms with Crippen molar-refractivity contribution in [3.05, 3.63) is 99.6 Å². The van der Waals surface area contributed by atoms with Gasteiger partial charge >= 0.3 is 166 Å². The fourth-order valence-corrected chi connectivity index (χ4v) is 13.3. The molecule has 474 valence electrons. The molecule has 2 nitrogen and oxygen atoms in total. The van der Waals surface area contributed by atoms with E-state index in [1.807, 2.05) is 14.4 Å². The molecule has 0 aromatic heterocycles. The van der Waals surface area contributed by atoms with Crippen LogP contribution in [-0.4, -0.2) is 4.70 Å². The van der Waals surface area contributed by atoms with Gasteiger partial charge in [0.15, 0.2) is 0 Å². The van der Waals surface area contributed by atoms with Gasteiger partial charge in [0.2, 0.25) is 11.4 Å². The molecule has 0 bridgehead atoms. The molecule has 3 rings (SSSR count). The molecule has 0 radical (unpaired) electrons. The summed E-state index contributed by atoms with van der Waals surface area (Å²) in [5.74, 6) is 0. The monoisotopic (exact) mass is 1170 g/mol. The summed E-state index contributed by atoms with van der Waals surface area (Å²) in [6, 6.07) is 18.2. The molecule has 1 aliphatic rings. The number of allylic oxidation sites excluding steroid dienone is 4. The fourth-order valence-electron chi connectivity index (χ4n) is 12.1. The van der Waals surface area contributed by atoms with Crippen molar-refractivity contribution in [1.82, 2.24) is 0 Å². The van der Waals surface area contributed by atoms with Crippen LogP contribution < -0.4 is 0 Å². The molecule has 2 aromatic carbocycles. The first-order valence-electron chi connectivity index (χ1n) is 36.8. The summed E-state index contributed by atoms with van der Waals surface area (Å²) in [4.78, 5) is 0. The third kappa shape index (κ3) is 40.2. The van der Waals surface area contributed by atoms with Gasteiger partial charge in [0.05, 0.1) is 5.57 Å². The number of nitrogens with zero attached hydrogens (tertiary/aromatic N) is 2. The summed E-state index contributed by atoms with van der Waals surface area (Å²) in [6.45, 7) is 13.7. The first kappa shape index (κ1) is 75.9. The van der Waals surface area contributed by atoms with E-state index >= 15 is 0 Å². The maximum absolute atomic E-state index is 12.1. The van der Waals surface area contributed by atoms with Gasteiger partial charge in [0, 0.05) is 16.7 Å². The predicted molar refractivity (Wildman–Crippen MR) is 366 cm³/mol. The van der Waals surface area contributed by atoms with E-state index in [4.69, 9.17) is 0 Å². The Morgan fingerprint density at radius 3 is 0.927 bits per heavy atom. The molecule has 0 saturated heterocycles. The molecular formula is C79H138N2Ni. The standard InChI is InChI=1S/C53H84N2.2C13H27.Ni/c1-5-9-13-16-17-18-19-20-21-22-23-24-25-26-27-28-29-33-37-51-50(36-32-15-11-7-3)52(49-44-40-47(41-45-49)35-31-14-10-6-2)55(54)53(51)48-42-38-46(39-43-48)34-30-12-8-4;2*1-3-5-7-9-11-13-12-10-8-6-4-2;/h33,37-45H,5-32,34-36H2,1-4H3;2*1,3-13H2,2H3;. The Kier molecular flexibility index (Phi) is 53.5. The summed E-state index contributed by atoms with van der Waals surface area (Å²) in [6.07, 6.45) is 77.6. The number of rotatable bonds is 58. The van der Waals surface area contributed by atoms with Crippen LogP contribution >= 0.6 is 0 Å². The van der Waals surface area contributed by atoms with E-state index in [0.717, 1.165) is 54.6 Å². The van der Waals surface area contributed by atoms with Crippen molar-refractivity contribution in [2.45, 2.75) is 393 Å². The van der Waals surface area contributed by atoms with E-state index in [-0.39, 0.29) is 0 Å². The van der Waals surface area contributed by atoms with Crippen molar-refractivity contribution in [2.75, 3.05) is 0 Å². The fraction of sp³-hybridized carbons (Fsp3) is 0.772. The number of benzene rings is 2. The van der Waals surface area contributed by atoms with Gasteiger partial charge in [-0.25, -0.2) is 4.70 Å². The van der Waals surface area contributed by atoms with Crippen molar-refractivity contribution in [1.29, 1.82) is 0 Å². The van der Waals surface area contributed by atoms with Crippen LogP contribution in [0.15, 0.2) is 71.8 Å². The summed E-state index contributed by atoms with van der Waals surface area (Å²) < 4.78 is 1.55. The Hall–Kier alpha value is -2.25. The predicted octanol–water partition coefficient (Wildman–Crippen LogP) is 28.4. The second kappa shape index (κ2) is 57.8. The maximum atomic E-state index is 12.1. The first-order chi connectivity index (χ1) is 40.6. The summed E-state index contributed by atoms with van der Waals surface area (Å²) in [5, 5.41) is 2.86. The Labute approximate surface area is 519 Å². The second-order valence-electron chi connectivity index (χ2n) is 25.4. The van der Waals surface area contributed by atoms with Crippen molar-refractivity contribution < 1.29 is 19.1 Å². The molecule has 82 heavy (non-hydrogen) atoms. The van der Waals surface area contributed by atoms with Gasteiger partial charge in [-0.15, -0.1) is 0 Å². The van der Waals surface area contributed by atoms with Crippen LogP contribution in [0.2, 0.25) is 10.8 Å². The van der Waals surface area contributed by atoms with Crippen molar-refractivity contribution in [2.24, 2.45) is 0 Å². The minimum atomic E-state index is 0.951. The Balaban J connectivity index is 0.000000715. The van der Waals surface area contributed by atoms with Gasteiger partial charge in [0.25, 0.3) is 0 Å². The summed E-state index contributed by atoms with van der Waals surface area (Å²) in [5.41, 5.74) is 21.6. The van der Waals surface area contributed by atoms with E-state index in [1.54, 1.807) is 4.70 Å². The average Bonchev–Trinajstić information content (AvgIpc) is 4.06. The van der Waals surface area contributed by atoms with Crippen LogP contribution in [-0.2, 0) is 27.3 Å². The molecule has 0 fully saturated rings. The molecule has 1 heterocycles. The van der Waals surface area contributed by atoms with Crippen LogP contribution in [0.3, 0.4) is 0 Å². The number of hydrogen-bond donors (Lipinski definition) is 0. The van der Waals surface area contributed by atoms with Gasteiger partial charge in [-0.1, -0.05) is 226 Å². The number of hydrogen-bond acceptors (Lipinski definition) is 0. The minimum Gasteiger partial charge on any atom is -0.0654 e. The van der Waals surface area contributed by atoms with E-state index in [2.05, 4.69) is 102 Å². The first-order valence-corrected chi connectivity index (χ1v) is 38.2. The zero-order chi connectivity index (χ0) is 58.9. The summed E-state index contributed by atoms with van der Waals surface area (Å²) in [7, 11) is 0. The molecule has 0 spiro atoms. The minimum absolute atomic E-state index is 0.951. The molecule has 0 saturated carbocycles. The van der Waals surface area contributed by atoms with Crippen molar-refractivity contribution in [3.8, 4) is 0 Å². The number of aryl methyl sites for hydroxylation is 2. The van der Waals surface area contributed by atoms with Gasteiger partial charge in [-0.2, -0.15) is 0 Å². The van der Waals surface area contributed by atoms with Crippen LogP contribution in [0.5, 0.6) is 0 Å². The molecule has 2 aromatic rings. The molecule has 0 atom stereocenters. The molecular weight excluding hydrogens is 1040 g/mol. The molecule has 1 aliphatic heterocycles. The Morgan fingerprint density at radius 2 is 0.573 bits per heavy atom. The Bertz CT molecular complexity index is 1770. The smallest absolute Gasteiger partial charge is 0.0654 e. The van der Waals surface area contributed by atoms with Crippen LogP contribution in [0.1, 0.15) is 391 Å². The van der Waals surface area contributed by atoms with Gasteiger partial charge in [0.1, 0.15) is 0 Å².